The number of rotatable bonds is 0. The second kappa shape index (κ2) is 2.46. The van der Waals surface area contributed by atoms with Crippen LogP contribution in [0, 0.1) is 0 Å². The lowest BCUT2D eigenvalue weighted by molar-refractivity contribution is 0.564. The maximum absolute atomic E-state index is 5.85. The highest BCUT2D eigenvalue weighted by atomic mass is 32.1. The summed E-state index contributed by atoms with van der Waals surface area (Å²) in [4.78, 5) is 5.50. The number of fused-ring (bicyclic) bond motifs is 1. The summed E-state index contributed by atoms with van der Waals surface area (Å²) in [6.07, 6.45) is 3.34. The molecule has 1 aromatic rings. The average Bonchev–Trinajstić information content (AvgIpc) is 2.31. The lowest BCUT2D eigenvalue weighted by Gasteiger charge is -2.15. The minimum absolute atomic E-state index is 0.132. The molecule has 1 aromatic heterocycles. The largest absolute Gasteiger partial charge is 0.375 e. The van der Waals surface area contributed by atoms with E-state index in [-0.39, 0.29) is 6.04 Å². The highest BCUT2D eigenvalue weighted by Crippen LogP contribution is 2.32. The summed E-state index contributed by atoms with van der Waals surface area (Å²) in [6, 6.07) is 0.132. The third-order valence-electron chi connectivity index (χ3n) is 2.01. The molecule has 0 fully saturated rings. The Labute approximate surface area is 69.4 Å². The van der Waals surface area contributed by atoms with E-state index in [1.54, 1.807) is 11.3 Å². The molecule has 1 heterocycles. The summed E-state index contributed by atoms with van der Waals surface area (Å²) in [6.45, 7) is 0. The van der Waals surface area contributed by atoms with Gasteiger partial charge in [0.1, 0.15) is 0 Å². The van der Waals surface area contributed by atoms with Gasteiger partial charge in [0, 0.05) is 10.9 Å². The molecule has 0 aliphatic heterocycles. The molecule has 0 radical (unpaired) electrons. The Balaban J connectivity index is 2.43. The molecule has 0 saturated carbocycles. The number of nitrogen functional groups attached to an aromatic ring is 1. The standard InChI is InChI=1S/C7H11N3S/c8-4-2-1-3-5-6(4)10-7(9)11-5/h4H,1-3,8H2,(H2,9,10)/t4-/m1/s1. The van der Waals surface area contributed by atoms with Crippen LogP contribution >= 0.6 is 11.3 Å². The number of aromatic nitrogens is 1. The van der Waals surface area contributed by atoms with E-state index in [2.05, 4.69) is 4.98 Å². The maximum Gasteiger partial charge on any atom is 0.180 e. The predicted molar refractivity (Wildman–Crippen MR) is 46.4 cm³/mol. The number of nitrogens with zero attached hydrogens (tertiary/aromatic N) is 1. The van der Waals surface area contributed by atoms with Gasteiger partial charge in [0.05, 0.1) is 5.69 Å². The fourth-order valence-electron chi connectivity index (χ4n) is 1.47. The third-order valence-corrected chi connectivity index (χ3v) is 2.97. The third kappa shape index (κ3) is 1.12. The fraction of sp³-hybridized carbons (Fsp3) is 0.571. The highest BCUT2D eigenvalue weighted by molar-refractivity contribution is 7.15. The van der Waals surface area contributed by atoms with E-state index in [0.717, 1.165) is 18.5 Å². The summed E-state index contributed by atoms with van der Waals surface area (Å²) in [5.74, 6) is 0. The highest BCUT2D eigenvalue weighted by Gasteiger charge is 2.20. The van der Waals surface area contributed by atoms with Crippen LogP contribution in [-0.2, 0) is 6.42 Å². The van der Waals surface area contributed by atoms with Crippen molar-refractivity contribution in [3.63, 3.8) is 0 Å². The molecule has 11 heavy (non-hydrogen) atoms. The molecule has 4 heteroatoms. The quantitative estimate of drug-likeness (QED) is 0.610. The van der Waals surface area contributed by atoms with Gasteiger partial charge in [-0.2, -0.15) is 0 Å². The Morgan fingerprint density at radius 2 is 2.36 bits per heavy atom. The van der Waals surface area contributed by atoms with Gasteiger partial charge in [-0.25, -0.2) is 4.98 Å². The fourth-order valence-corrected chi connectivity index (χ4v) is 2.41. The van der Waals surface area contributed by atoms with Crippen molar-refractivity contribution >= 4 is 16.5 Å². The topological polar surface area (TPSA) is 64.9 Å². The number of hydrogen-bond acceptors (Lipinski definition) is 4. The van der Waals surface area contributed by atoms with Crippen LogP contribution in [0.25, 0.3) is 0 Å². The van der Waals surface area contributed by atoms with Gasteiger partial charge in [0.2, 0.25) is 0 Å². The molecule has 0 spiro atoms. The Morgan fingerprint density at radius 3 is 3.09 bits per heavy atom. The molecule has 0 amide bonds. The van der Waals surface area contributed by atoms with E-state index in [1.165, 1.54) is 11.3 Å². The summed E-state index contributed by atoms with van der Waals surface area (Å²) in [5.41, 5.74) is 12.5. The van der Waals surface area contributed by atoms with Crippen LogP contribution in [0.4, 0.5) is 5.13 Å². The molecule has 1 aliphatic rings. The van der Waals surface area contributed by atoms with Crippen molar-refractivity contribution in [2.75, 3.05) is 5.73 Å². The van der Waals surface area contributed by atoms with Crippen molar-refractivity contribution in [3.05, 3.63) is 10.6 Å². The van der Waals surface area contributed by atoms with Gasteiger partial charge in [-0.1, -0.05) is 0 Å². The Bertz CT molecular complexity index is 269. The zero-order valence-electron chi connectivity index (χ0n) is 6.21. The van der Waals surface area contributed by atoms with E-state index >= 15 is 0 Å². The first-order valence-corrected chi connectivity index (χ1v) is 4.59. The van der Waals surface area contributed by atoms with Crippen molar-refractivity contribution in [2.45, 2.75) is 25.3 Å². The van der Waals surface area contributed by atoms with E-state index in [1.807, 2.05) is 0 Å². The first kappa shape index (κ1) is 7.06. The van der Waals surface area contributed by atoms with Crippen molar-refractivity contribution in [2.24, 2.45) is 5.73 Å². The second-order valence-electron chi connectivity index (χ2n) is 2.86. The van der Waals surface area contributed by atoms with Crippen LogP contribution < -0.4 is 11.5 Å². The molecule has 3 nitrogen and oxygen atoms in total. The molecular weight excluding hydrogens is 158 g/mol. The summed E-state index contributed by atoms with van der Waals surface area (Å²) < 4.78 is 0. The minimum atomic E-state index is 0.132. The van der Waals surface area contributed by atoms with Crippen LogP contribution in [0.1, 0.15) is 29.5 Å². The lowest BCUT2D eigenvalue weighted by atomic mass is 9.99. The molecule has 60 valence electrons. The Hall–Kier alpha value is -0.610. The van der Waals surface area contributed by atoms with E-state index in [9.17, 15) is 0 Å². The molecule has 1 aliphatic carbocycles. The van der Waals surface area contributed by atoms with Crippen molar-refractivity contribution in [1.82, 2.24) is 4.98 Å². The van der Waals surface area contributed by atoms with Crippen molar-refractivity contribution in [3.8, 4) is 0 Å². The first-order valence-electron chi connectivity index (χ1n) is 3.78. The summed E-state index contributed by atoms with van der Waals surface area (Å²) >= 11 is 1.58. The zero-order chi connectivity index (χ0) is 7.84. The Kier molecular flexibility index (Phi) is 1.58. The van der Waals surface area contributed by atoms with Gasteiger partial charge in [-0.05, 0) is 19.3 Å². The van der Waals surface area contributed by atoms with E-state index < -0.39 is 0 Å². The summed E-state index contributed by atoms with van der Waals surface area (Å²) in [7, 11) is 0. The van der Waals surface area contributed by atoms with E-state index in [4.69, 9.17) is 11.5 Å². The molecule has 0 saturated heterocycles. The van der Waals surface area contributed by atoms with Crippen LogP contribution in [0.3, 0.4) is 0 Å². The monoisotopic (exact) mass is 169 g/mol. The maximum atomic E-state index is 5.85. The lowest BCUT2D eigenvalue weighted by Crippen LogP contribution is -2.16. The zero-order valence-corrected chi connectivity index (χ0v) is 7.03. The minimum Gasteiger partial charge on any atom is -0.375 e. The van der Waals surface area contributed by atoms with Gasteiger partial charge >= 0.3 is 0 Å². The van der Waals surface area contributed by atoms with E-state index in [0.29, 0.717) is 5.13 Å². The Morgan fingerprint density at radius 1 is 1.55 bits per heavy atom. The van der Waals surface area contributed by atoms with Gasteiger partial charge in [-0.15, -0.1) is 11.3 Å². The smallest absolute Gasteiger partial charge is 0.180 e. The molecule has 4 N–H and O–H groups in total. The number of thiazole rings is 1. The van der Waals surface area contributed by atoms with Gasteiger partial charge in [0.15, 0.2) is 5.13 Å². The number of aryl methyl sites for hydroxylation is 1. The average molecular weight is 169 g/mol. The first-order chi connectivity index (χ1) is 5.27. The molecule has 2 rings (SSSR count). The van der Waals surface area contributed by atoms with Crippen LogP contribution in [0.2, 0.25) is 0 Å². The second-order valence-corrected chi connectivity index (χ2v) is 3.97. The van der Waals surface area contributed by atoms with Crippen molar-refractivity contribution in [1.29, 1.82) is 0 Å². The van der Waals surface area contributed by atoms with Gasteiger partial charge in [-0.3, -0.25) is 0 Å². The van der Waals surface area contributed by atoms with Crippen LogP contribution in [-0.4, -0.2) is 4.98 Å². The number of nitrogens with two attached hydrogens (primary N) is 2. The molecule has 1 atom stereocenters. The SMILES string of the molecule is Nc1nc2c(s1)CCC[C@H]2N. The number of hydrogen-bond donors (Lipinski definition) is 2. The number of anilines is 1. The van der Waals surface area contributed by atoms with Gasteiger partial charge in [0.25, 0.3) is 0 Å². The van der Waals surface area contributed by atoms with Crippen LogP contribution in [0.5, 0.6) is 0 Å². The predicted octanol–water partition coefficient (Wildman–Crippen LogP) is 1.06. The van der Waals surface area contributed by atoms with Gasteiger partial charge < -0.3 is 11.5 Å². The summed E-state index contributed by atoms with van der Waals surface area (Å²) in [5, 5.41) is 0.660. The van der Waals surface area contributed by atoms with Crippen LogP contribution in [0.15, 0.2) is 0 Å². The molecular formula is C7H11N3S. The molecule has 0 aromatic carbocycles. The molecule has 0 bridgehead atoms. The molecule has 0 unspecified atom stereocenters. The van der Waals surface area contributed by atoms with Crippen molar-refractivity contribution < 1.29 is 0 Å². The normalized spacial score (nSPS) is 23.2.